The van der Waals surface area contributed by atoms with Crippen molar-refractivity contribution in [2.75, 3.05) is 12.4 Å². The number of ether oxygens (including phenoxy) is 1. The Morgan fingerprint density at radius 1 is 1.45 bits per heavy atom. The number of carbonyl (C=O) groups is 1. The Morgan fingerprint density at radius 2 is 2.25 bits per heavy atom. The largest absolute Gasteiger partial charge is 0.465 e. The molecule has 2 atom stereocenters. The summed E-state index contributed by atoms with van der Waals surface area (Å²) in [5.41, 5.74) is 1.36. The van der Waals surface area contributed by atoms with Gasteiger partial charge in [-0.1, -0.05) is 37.8 Å². The number of benzene rings is 1. The van der Waals surface area contributed by atoms with E-state index in [1.165, 1.54) is 39.2 Å². The summed E-state index contributed by atoms with van der Waals surface area (Å²) in [6.45, 7) is 2.25. The molecule has 1 saturated carbocycles. The van der Waals surface area contributed by atoms with Crippen molar-refractivity contribution in [3.8, 4) is 0 Å². The Balaban J connectivity index is 2.07. The summed E-state index contributed by atoms with van der Waals surface area (Å²) >= 11 is 6.03. The average Bonchev–Trinajstić information content (AvgIpc) is 2.48. The van der Waals surface area contributed by atoms with E-state index in [0.29, 0.717) is 16.6 Å². The van der Waals surface area contributed by atoms with Gasteiger partial charge in [-0.15, -0.1) is 0 Å². The normalized spacial score (nSPS) is 22.4. The summed E-state index contributed by atoms with van der Waals surface area (Å²) in [6.07, 6.45) is 6.24. The van der Waals surface area contributed by atoms with Crippen molar-refractivity contribution in [2.24, 2.45) is 5.92 Å². The fourth-order valence-electron chi connectivity index (χ4n) is 2.91. The fourth-order valence-corrected chi connectivity index (χ4v) is 3.10. The van der Waals surface area contributed by atoms with Crippen LogP contribution in [0.15, 0.2) is 18.2 Å². The maximum absolute atomic E-state index is 11.6. The summed E-state index contributed by atoms with van der Waals surface area (Å²) in [5, 5.41) is 3.95. The van der Waals surface area contributed by atoms with Crippen molar-refractivity contribution < 1.29 is 9.53 Å². The first kappa shape index (κ1) is 15.2. The summed E-state index contributed by atoms with van der Waals surface area (Å²) < 4.78 is 4.75. The predicted molar refractivity (Wildman–Crippen MR) is 82.5 cm³/mol. The van der Waals surface area contributed by atoms with Gasteiger partial charge in [-0.25, -0.2) is 4.79 Å². The lowest BCUT2D eigenvalue weighted by Crippen LogP contribution is -2.27. The van der Waals surface area contributed by atoms with Crippen molar-refractivity contribution in [3.63, 3.8) is 0 Å². The molecule has 0 radical (unpaired) electrons. The van der Waals surface area contributed by atoms with Gasteiger partial charge in [-0.05, 0) is 37.0 Å². The van der Waals surface area contributed by atoms with Gasteiger partial charge in [0.05, 0.1) is 17.7 Å². The number of hydrogen-bond acceptors (Lipinski definition) is 3. The zero-order valence-corrected chi connectivity index (χ0v) is 12.9. The number of nitrogens with one attached hydrogen (secondary N) is 1. The molecule has 0 bridgehead atoms. The predicted octanol–water partition coefficient (Wildman–Crippen LogP) is 4.51. The van der Waals surface area contributed by atoms with Crippen molar-refractivity contribution in [1.29, 1.82) is 0 Å². The van der Waals surface area contributed by atoms with E-state index in [2.05, 4.69) is 12.2 Å². The van der Waals surface area contributed by atoms with Crippen LogP contribution in [0.5, 0.6) is 0 Å². The highest BCUT2D eigenvalue weighted by Crippen LogP contribution is 2.29. The van der Waals surface area contributed by atoms with Crippen molar-refractivity contribution in [2.45, 2.75) is 45.1 Å². The molecule has 0 amide bonds. The van der Waals surface area contributed by atoms with Crippen molar-refractivity contribution in [3.05, 3.63) is 28.8 Å². The number of rotatable bonds is 4. The molecular formula is C16H22ClNO2. The molecule has 0 saturated heterocycles. The molecule has 2 unspecified atom stereocenters. The standard InChI is InChI=1S/C16H22ClNO2/c1-3-11-5-4-6-12(9-11)18-13-7-8-15(17)14(10-13)16(19)20-2/h7-8,10-12,18H,3-6,9H2,1-2H3. The molecule has 1 N–H and O–H groups in total. The first-order valence-corrected chi connectivity index (χ1v) is 7.66. The third kappa shape index (κ3) is 3.66. The van der Waals surface area contributed by atoms with Crippen LogP contribution in [-0.4, -0.2) is 19.1 Å². The third-order valence-corrected chi connectivity index (χ3v) is 4.43. The Bertz CT molecular complexity index is 476. The second kappa shape index (κ2) is 6.98. The van der Waals surface area contributed by atoms with E-state index in [1.54, 1.807) is 12.1 Å². The van der Waals surface area contributed by atoms with Gasteiger partial charge in [-0.2, -0.15) is 0 Å². The Morgan fingerprint density at radius 3 is 2.95 bits per heavy atom. The smallest absolute Gasteiger partial charge is 0.339 e. The molecule has 1 fully saturated rings. The molecule has 1 aromatic carbocycles. The average molecular weight is 296 g/mol. The highest BCUT2D eigenvalue weighted by molar-refractivity contribution is 6.33. The van der Waals surface area contributed by atoms with Crippen LogP contribution in [0.1, 0.15) is 49.4 Å². The van der Waals surface area contributed by atoms with E-state index < -0.39 is 5.97 Å². The number of hydrogen-bond donors (Lipinski definition) is 1. The Kier molecular flexibility index (Phi) is 5.30. The van der Waals surface area contributed by atoms with Gasteiger partial charge in [0.1, 0.15) is 0 Å². The van der Waals surface area contributed by atoms with Crippen LogP contribution in [0.25, 0.3) is 0 Å². The number of esters is 1. The topological polar surface area (TPSA) is 38.3 Å². The molecular weight excluding hydrogens is 274 g/mol. The molecule has 0 aliphatic heterocycles. The Labute approximate surface area is 125 Å². The van der Waals surface area contributed by atoms with E-state index in [-0.39, 0.29) is 0 Å². The van der Waals surface area contributed by atoms with Gasteiger partial charge in [0, 0.05) is 11.7 Å². The van der Waals surface area contributed by atoms with Crippen LogP contribution in [-0.2, 0) is 4.74 Å². The number of anilines is 1. The third-order valence-electron chi connectivity index (χ3n) is 4.10. The molecule has 2 rings (SSSR count). The van der Waals surface area contributed by atoms with Crippen LogP contribution in [0.3, 0.4) is 0 Å². The molecule has 1 aromatic rings. The Hall–Kier alpha value is -1.22. The maximum Gasteiger partial charge on any atom is 0.339 e. The molecule has 0 heterocycles. The molecule has 110 valence electrons. The zero-order valence-electron chi connectivity index (χ0n) is 12.1. The lowest BCUT2D eigenvalue weighted by atomic mass is 9.84. The lowest BCUT2D eigenvalue weighted by Gasteiger charge is -2.30. The summed E-state index contributed by atoms with van der Waals surface area (Å²) in [6, 6.07) is 5.94. The van der Waals surface area contributed by atoms with Crippen molar-refractivity contribution in [1.82, 2.24) is 0 Å². The van der Waals surface area contributed by atoms with Gasteiger partial charge >= 0.3 is 5.97 Å². The molecule has 20 heavy (non-hydrogen) atoms. The quantitative estimate of drug-likeness (QED) is 0.831. The summed E-state index contributed by atoms with van der Waals surface area (Å²) in [5.74, 6) is 0.419. The number of methoxy groups -OCH3 is 1. The SMILES string of the molecule is CCC1CCCC(Nc2ccc(Cl)c(C(=O)OC)c2)C1. The summed E-state index contributed by atoms with van der Waals surface area (Å²) in [4.78, 5) is 11.6. The minimum atomic E-state index is -0.395. The lowest BCUT2D eigenvalue weighted by molar-refractivity contribution is 0.0601. The first-order chi connectivity index (χ1) is 9.63. The molecule has 1 aliphatic carbocycles. The van der Waals surface area contributed by atoms with Gasteiger partial charge in [0.25, 0.3) is 0 Å². The van der Waals surface area contributed by atoms with Crippen LogP contribution in [0.2, 0.25) is 5.02 Å². The summed E-state index contributed by atoms with van der Waals surface area (Å²) in [7, 11) is 1.37. The molecule has 3 nitrogen and oxygen atoms in total. The number of carbonyl (C=O) groups excluding carboxylic acids is 1. The minimum absolute atomic E-state index is 0.395. The maximum atomic E-state index is 11.6. The van der Waals surface area contributed by atoms with E-state index in [9.17, 15) is 4.79 Å². The minimum Gasteiger partial charge on any atom is -0.465 e. The van der Waals surface area contributed by atoms with Crippen LogP contribution < -0.4 is 5.32 Å². The van der Waals surface area contributed by atoms with Gasteiger partial charge < -0.3 is 10.1 Å². The van der Waals surface area contributed by atoms with Crippen LogP contribution in [0, 0.1) is 5.92 Å². The zero-order chi connectivity index (χ0) is 14.5. The van der Waals surface area contributed by atoms with Crippen LogP contribution >= 0.6 is 11.6 Å². The highest BCUT2D eigenvalue weighted by Gasteiger charge is 2.21. The van der Waals surface area contributed by atoms with E-state index >= 15 is 0 Å². The van der Waals surface area contributed by atoms with Gasteiger partial charge in [0.2, 0.25) is 0 Å². The molecule has 4 heteroatoms. The second-order valence-electron chi connectivity index (χ2n) is 5.47. The second-order valence-corrected chi connectivity index (χ2v) is 5.88. The van der Waals surface area contributed by atoms with Gasteiger partial charge in [0.15, 0.2) is 0 Å². The highest BCUT2D eigenvalue weighted by atomic mass is 35.5. The molecule has 0 aromatic heterocycles. The molecule has 0 spiro atoms. The van der Waals surface area contributed by atoms with E-state index in [4.69, 9.17) is 16.3 Å². The van der Waals surface area contributed by atoms with Crippen molar-refractivity contribution >= 4 is 23.3 Å². The monoisotopic (exact) mass is 295 g/mol. The van der Waals surface area contributed by atoms with E-state index in [0.717, 1.165) is 11.6 Å². The fraction of sp³-hybridized carbons (Fsp3) is 0.562. The number of halogens is 1. The van der Waals surface area contributed by atoms with Crippen LogP contribution in [0.4, 0.5) is 5.69 Å². The molecule has 1 aliphatic rings. The van der Waals surface area contributed by atoms with E-state index in [1.807, 2.05) is 6.07 Å². The first-order valence-electron chi connectivity index (χ1n) is 7.28. The van der Waals surface area contributed by atoms with Gasteiger partial charge in [-0.3, -0.25) is 0 Å².